The van der Waals surface area contributed by atoms with Gasteiger partial charge in [-0.15, -0.1) is 0 Å². The molecule has 88 valence electrons. The minimum absolute atomic E-state index is 0.316. The Morgan fingerprint density at radius 1 is 1.53 bits per heavy atom. The first-order valence-corrected chi connectivity index (χ1v) is 6.39. The molecule has 0 aliphatic carbocycles. The summed E-state index contributed by atoms with van der Waals surface area (Å²) in [5, 5.41) is 4.92. The second-order valence-electron chi connectivity index (χ2n) is 3.51. The van der Waals surface area contributed by atoms with Crippen LogP contribution in [0.15, 0.2) is 28.9 Å². The Balaban J connectivity index is 2.67. The summed E-state index contributed by atoms with van der Waals surface area (Å²) in [4.78, 5) is 0.316. The Morgan fingerprint density at radius 2 is 2.24 bits per heavy atom. The Kier molecular flexibility index (Phi) is 3.51. The smallest absolute Gasteiger partial charge is 0.107 e. The van der Waals surface area contributed by atoms with Crippen LogP contribution in [0, 0.1) is 6.92 Å². The highest BCUT2D eigenvalue weighted by atomic mass is 79.9. The summed E-state index contributed by atoms with van der Waals surface area (Å²) in [6.45, 7) is 1.84. The number of hydrogen-bond acceptors (Lipinski definition) is 2. The summed E-state index contributed by atoms with van der Waals surface area (Å²) in [6, 6.07) is 5.67. The molecule has 0 radical (unpaired) electrons. The number of rotatable bonds is 2. The monoisotopic (exact) mass is 329 g/mol. The van der Waals surface area contributed by atoms with E-state index in [1.54, 1.807) is 10.9 Å². The van der Waals surface area contributed by atoms with Gasteiger partial charge in [0.1, 0.15) is 4.99 Å². The normalized spacial score (nSPS) is 10.5. The van der Waals surface area contributed by atoms with Crippen molar-refractivity contribution in [1.82, 2.24) is 9.78 Å². The van der Waals surface area contributed by atoms with E-state index < -0.39 is 0 Å². The molecule has 2 aromatic rings. The van der Waals surface area contributed by atoms with Crippen LogP contribution in [0.3, 0.4) is 0 Å². The molecule has 2 rings (SSSR count). The van der Waals surface area contributed by atoms with E-state index in [2.05, 4.69) is 21.0 Å². The van der Waals surface area contributed by atoms with Gasteiger partial charge in [0.25, 0.3) is 0 Å². The predicted molar refractivity (Wildman–Crippen MR) is 76.9 cm³/mol. The Bertz CT molecular complexity index is 575. The third-order valence-electron chi connectivity index (χ3n) is 2.32. The van der Waals surface area contributed by atoms with E-state index in [4.69, 9.17) is 29.6 Å². The van der Waals surface area contributed by atoms with Crippen LogP contribution in [0.2, 0.25) is 5.02 Å². The van der Waals surface area contributed by atoms with Gasteiger partial charge in [0.2, 0.25) is 0 Å². The van der Waals surface area contributed by atoms with Crippen molar-refractivity contribution in [2.45, 2.75) is 6.92 Å². The van der Waals surface area contributed by atoms with Crippen molar-refractivity contribution in [3.8, 4) is 5.69 Å². The molecule has 0 aliphatic heterocycles. The number of halogens is 2. The van der Waals surface area contributed by atoms with Crippen molar-refractivity contribution in [1.29, 1.82) is 0 Å². The first-order valence-electron chi connectivity index (χ1n) is 4.81. The van der Waals surface area contributed by atoms with Crippen LogP contribution in [0.4, 0.5) is 0 Å². The average Bonchev–Trinajstić information content (AvgIpc) is 2.58. The van der Waals surface area contributed by atoms with Gasteiger partial charge in [-0.25, -0.2) is 4.68 Å². The maximum atomic E-state index is 5.99. The second-order valence-corrected chi connectivity index (χ2v) is 5.21. The zero-order valence-corrected chi connectivity index (χ0v) is 12.1. The van der Waals surface area contributed by atoms with Crippen LogP contribution in [0.1, 0.15) is 11.3 Å². The minimum atomic E-state index is 0.316. The van der Waals surface area contributed by atoms with E-state index in [0.717, 1.165) is 21.4 Å². The van der Waals surface area contributed by atoms with Crippen molar-refractivity contribution < 1.29 is 0 Å². The van der Waals surface area contributed by atoms with Crippen LogP contribution in [0.25, 0.3) is 5.69 Å². The quantitative estimate of drug-likeness (QED) is 0.860. The molecule has 0 saturated carbocycles. The average molecular weight is 331 g/mol. The van der Waals surface area contributed by atoms with Crippen LogP contribution in [-0.4, -0.2) is 14.8 Å². The Morgan fingerprint density at radius 3 is 2.76 bits per heavy atom. The van der Waals surface area contributed by atoms with E-state index >= 15 is 0 Å². The van der Waals surface area contributed by atoms with Gasteiger partial charge >= 0.3 is 0 Å². The first kappa shape index (κ1) is 12.5. The van der Waals surface area contributed by atoms with E-state index in [0.29, 0.717) is 10.0 Å². The lowest BCUT2D eigenvalue weighted by Crippen LogP contribution is -2.14. The lowest BCUT2D eigenvalue weighted by Gasteiger charge is -2.09. The van der Waals surface area contributed by atoms with Crippen molar-refractivity contribution >= 4 is 44.7 Å². The van der Waals surface area contributed by atoms with Gasteiger partial charge in [0.05, 0.1) is 16.4 Å². The SMILES string of the molecule is Cc1nn(-c2cccc(Br)c2C(N)=S)cc1Cl. The molecule has 0 amide bonds. The minimum Gasteiger partial charge on any atom is -0.389 e. The molecule has 6 heteroatoms. The fraction of sp³-hybridized carbons (Fsp3) is 0.0909. The topological polar surface area (TPSA) is 43.8 Å². The molecule has 1 heterocycles. The molecular formula is C11H9BrClN3S. The molecule has 0 atom stereocenters. The third-order valence-corrected chi connectivity index (χ3v) is 3.56. The zero-order valence-electron chi connectivity index (χ0n) is 8.95. The number of aromatic nitrogens is 2. The zero-order chi connectivity index (χ0) is 12.6. The Hall–Kier alpha value is -0.910. The summed E-state index contributed by atoms with van der Waals surface area (Å²) in [7, 11) is 0. The molecule has 0 unspecified atom stereocenters. The fourth-order valence-electron chi connectivity index (χ4n) is 1.51. The molecule has 2 N–H and O–H groups in total. The number of nitrogens with zero attached hydrogens (tertiary/aromatic N) is 2. The van der Waals surface area contributed by atoms with E-state index in [1.165, 1.54) is 0 Å². The van der Waals surface area contributed by atoms with Gasteiger partial charge in [-0.2, -0.15) is 5.10 Å². The highest BCUT2D eigenvalue weighted by molar-refractivity contribution is 9.10. The molecule has 3 nitrogen and oxygen atoms in total. The molecule has 0 fully saturated rings. The van der Waals surface area contributed by atoms with Crippen molar-refractivity contribution in [2.75, 3.05) is 0 Å². The summed E-state index contributed by atoms with van der Waals surface area (Å²) in [6.07, 6.45) is 1.74. The third kappa shape index (κ3) is 2.36. The van der Waals surface area contributed by atoms with Gasteiger partial charge in [-0.1, -0.05) is 29.9 Å². The van der Waals surface area contributed by atoms with E-state index in [-0.39, 0.29) is 0 Å². The molecule has 1 aromatic heterocycles. The van der Waals surface area contributed by atoms with Crippen LogP contribution in [-0.2, 0) is 0 Å². The van der Waals surface area contributed by atoms with E-state index in [1.807, 2.05) is 25.1 Å². The first-order chi connectivity index (χ1) is 8.00. The van der Waals surface area contributed by atoms with Crippen molar-refractivity contribution in [3.63, 3.8) is 0 Å². The molecular weight excluding hydrogens is 322 g/mol. The molecule has 0 saturated heterocycles. The van der Waals surface area contributed by atoms with Crippen LogP contribution < -0.4 is 5.73 Å². The van der Waals surface area contributed by atoms with E-state index in [9.17, 15) is 0 Å². The number of aryl methyl sites for hydroxylation is 1. The highest BCUT2D eigenvalue weighted by Gasteiger charge is 2.13. The van der Waals surface area contributed by atoms with Gasteiger partial charge < -0.3 is 5.73 Å². The number of hydrogen-bond donors (Lipinski definition) is 1. The molecule has 17 heavy (non-hydrogen) atoms. The van der Waals surface area contributed by atoms with Gasteiger partial charge in [0.15, 0.2) is 0 Å². The summed E-state index contributed by atoms with van der Waals surface area (Å²) >= 11 is 14.5. The lowest BCUT2D eigenvalue weighted by atomic mass is 10.2. The van der Waals surface area contributed by atoms with Crippen LogP contribution in [0.5, 0.6) is 0 Å². The van der Waals surface area contributed by atoms with Crippen molar-refractivity contribution in [3.05, 3.63) is 45.1 Å². The standard InChI is InChI=1S/C11H9BrClN3S/c1-6-8(13)5-16(15-6)9-4-2-3-7(12)10(9)11(14)17/h2-5H,1H3,(H2,14,17). The summed E-state index contributed by atoms with van der Waals surface area (Å²) < 4.78 is 2.52. The van der Waals surface area contributed by atoms with Gasteiger partial charge in [0, 0.05) is 16.2 Å². The predicted octanol–water partition coefficient (Wildman–Crippen LogP) is 3.23. The lowest BCUT2D eigenvalue weighted by molar-refractivity contribution is 0.860. The highest BCUT2D eigenvalue weighted by Crippen LogP contribution is 2.25. The van der Waals surface area contributed by atoms with Gasteiger partial charge in [-0.05, 0) is 35.0 Å². The summed E-state index contributed by atoms with van der Waals surface area (Å²) in [5.74, 6) is 0. The maximum Gasteiger partial charge on any atom is 0.107 e. The number of benzene rings is 1. The largest absolute Gasteiger partial charge is 0.389 e. The maximum absolute atomic E-state index is 5.99. The molecule has 0 bridgehead atoms. The van der Waals surface area contributed by atoms with Crippen LogP contribution >= 0.6 is 39.7 Å². The molecule has 1 aromatic carbocycles. The molecule has 0 spiro atoms. The number of nitrogens with two attached hydrogens (primary N) is 1. The van der Waals surface area contributed by atoms with Gasteiger partial charge in [-0.3, -0.25) is 0 Å². The summed E-state index contributed by atoms with van der Waals surface area (Å²) in [5.41, 5.74) is 8.05. The Labute approximate surface area is 118 Å². The number of thiocarbonyl (C=S) groups is 1. The molecule has 0 aliphatic rings. The van der Waals surface area contributed by atoms with Crippen molar-refractivity contribution in [2.24, 2.45) is 5.73 Å². The second kappa shape index (κ2) is 4.76. The fourth-order valence-corrected chi connectivity index (χ4v) is 2.56.